The number of carbonyl (C=O) groups is 1. The standard InChI is InChI=1S/C14H14F3IO2/c1-10(19)20-13(12(18)9-14(15,16)17)8-7-11-5-3-2-4-6-11/h2-6,9,13H,7-8H2,1H3/b12-9-. The predicted molar refractivity (Wildman–Crippen MR) is 78.5 cm³/mol. The van der Waals surface area contributed by atoms with Crippen LogP contribution in [0.1, 0.15) is 18.9 Å². The molecule has 2 nitrogen and oxygen atoms in total. The first-order valence-electron chi connectivity index (χ1n) is 5.94. The summed E-state index contributed by atoms with van der Waals surface area (Å²) in [4.78, 5) is 11.0. The molecular weight excluding hydrogens is 384 g/mol. The zero-order chi connectivity index (χ0) is 15.2. The fourth-order valence-corrected chi connectivity index (χ4v) is 2.44. The van der Waals surface area contributed by atoms with Gasteiger partial charge < -0.3 is 4.74 Å². The second-order valence-electron chi connectivity index (χ2n) is 4.19. The molecule has 0 bridgehead atoms. The van der Waals surface area contributed by atoms with E-state index in [-0.39, 0.29) is 9.66 Å². The molecule has 0 spiro atoms. The van der Waals surface area contributed by atoms with E-state index < -0.39 is 18.2 Å². The number of alkyl halides is 3. The molecule has 0 heterocycles. The summed E-state index contributed by atoms with van der Waals surface area (Å²) in [6.45, 7) is 1.19. The molecule has 0 fully saturated rings. The van der Waals surface area contributed by atoms with Crippen molar-refractivity contribution in [1.29, 1.82) is 0 Å². The van der Waals surface area contributed by atoms with Gasteiger partial charge in [0.15, 0.2) is 0 Å². The maximum Gasteiger partial charge on any atom is 0.410 e. The van der Waals surface area contributed by atoms with E-state index >= 15 is 0 Å². The monoisotopic (exact) mass is 398 g/mol. The Bertz CT molecular complexity index is 469. The molecule has 0 aliphatic heterocycles. The van der Waals surface area contributed by atoms with Crippen molar-refractivity contribution in [2.24, 2.45) is 0 Å². The summed E-state index contributed by atoms with van der Waals surface area (Å²) in [5.41, 5.74) is 0.987. The third-order valence-electron chi connectivity index (χ3n) is 2.46. The lowest BCUT2D eigenvalue weighted by atomic mass is 10.1. The van der Waals surface area contributed by atoms with Gasteiger partial charge in [-0.25, -0.2) is 0 Å². The van der Waals surface area contributed by atoms with Crippen molar-refractivity contribution in [3.8, 4) is 0 Å². The molecule has 6 heteroatoms. The minimum absolute atomic E-state index is 0.0266. The van der Waals surface area contributed by atoms with Crippen LogP contribution in [0.2, 0.25) is 0 Å². The van der Waals surface area contributed by atoms with Crippen molar-refractivity contribution in [3.63, 3.8) is 0 Å². The average molecular weight is 398 g/mol. The van der Waals surface area contributed by atoms with Crippen LogP contribution in [0.5, 0.6) is 0 Å². The van der Waals surface area contributed by atoms with E-state index in [1.807, 2.05) is 30.3 Å². The van der Waals surface area contributed by atoms with Gasteiger partial charge in [-0.05, 0) is 41.0 Å². The molecule has 0 aromatic heterocycles. The summed E-state index contributed by atoms with van der Waals surface area (Å²) in [7, 11) is 0. The number of allylic oxidation sites excluding steroid dienone is 1. The van der Waals surface area contributed by atoms with E-state index in [0.29, 0.717) is 12.8 Å². The van der Waals surface area contributed by atoms with Gasteiger partial charge in [-0.3, -0.25) is 4.79 Å². The number of aryl methyl sites for hydroxylation is 1. The number of rotatable bonds is 5. The summed E-state index contributed by atoms with van der Waals surface area (Å²) < 4.78 is 42.0. The highest BCUT2D eigenvalue weighted by Crippen LogP contribution is 2.27. The lowest BCUT2D eigenvalue weighted by molar-refractivity contribution is -0.144. The third-order valence-corrected chi connectivity index (χ3v) is 3.46. The number of carbonyl (C=O) groups excluding carboxylic acids is 1. The van der Waals surface area contributed by atoms with Gasteiger partial charge in [-0.1, -0.05) is 30.3 Å². The van der Waals surface area contributed by atoms with Crippen molar-refractivity contribution in [2.45, 2.75) is 32.0 Å². The third kappa shape index (κ3) is 6.93. The molecule has 0 radical (unpaired) electrons. The first-order chi connectivity index (χ1) is 9.28. The molecule has 1 unspecified atom stereocenters. The van der Waals surface area contributed by atoms with Gasteiger partial charge in [0, 0.05) is 16.6 Å². The van der Waals surface area contributed by atoms with Crippen LogP contribution in [-0.4, -0.2) is 18.2 Å². The van der Waals surface area contributed by atoms with E-state index in [1.165, 1.54) is 6.92 Å². The molecule has 1 rings (SSSR count). The van der Waals surface area contributed by atoms with Crippen LogP contribution in [-0.2, 0) is 16.0 Å². The first kappa shape index (κ1) is 17.0. The van der Waals surface area contributed by atoms with Gasteiger partial charge in [-0.2, -0.15) is 13.2 Å². The van der Waals surface area contributed by atoms with Crippen LogP contribution in [0.3, 0.4) is 0 Å². The lowest BCUT2D eigenvalue weighted by Gasteiger charge is -2.17. The number of esters is 1. The Hall–Kier alpha value is -1.05. The molecule has 1 aromatic rings. The Morgan fingerprint density at radius 3 is 2.45 bits per heavy atom. The van der Waals surface area contributed by atoms with Gasteiger partial charge in [0.2, 0.25) is 0 Å². The fourth-order valence-electron chi connectivity index (χ4n) is 1.65. The summed E-state index contributed by atoms with van der Waals surface area (Å²) >= 11 is 1.57. The minimum Gasteiger partial charge on any atom is -0.457 e. The lowest BCUT2D eigenvalue weighted by Crippen LogP contribution is -2.19. The number of halogens is 4. The Labute approximate surface area is 129 Å². The zero-order valence-corrected chi connectivity index (χ0v) is 12.9. The highest BCUT2D eigenvalue weighted by Gasteiger charge is 2.27. The molecule has 0 aliphatic rings. The normalized spacial score (nSPS) is 13.9. The smallest absolute Gasteiger partial charge is 0.410 e. The van der Waals surface area contributed by atoms with E-state index in [0.717, 1.165) is 5.56 Å². The first-order valence-corrected chi connectivity index (χ1v) is 7.02. The molecular formula is C14H14F3IO2. The molecule has 0 amide bonds. The topological polar surface area (TPSA) is 26.3 Å². The van der Waals surface area contributed by atoms with Crippen molar-refractivity contribution in [1.82, 2.24) is 0 Å². The Kier molecular flexibility index (Phi) is 6.51. The molecule has 20 heavy (non-hydrogen) atoms. The van der Waals surface area contributed by atoms with Crippen LogP contribution in [0.4, 0.5) is 13.2 Å². The van der Waals surface area contributed by atoms with Gasteiger partial charge in [0.05, 0.1) is 0 Å². The van der Waals surface area contributed by atoms with E-state index in [2.05, 4.69) is 0 Å². The largest absolute Gasteiger partial charge is 0.457 e. The predicted octanol–water partition coefficient (Wildman–Crippen LogP) is 4.43. The molecule has 1 atom stereocenters. The summed E-state index contributed by atoms with van der Waals surface area (Å²) in [5, 5.41) is 0. The highest BCUT2D eigenvalue weighted by atomic mass is 127. The molecule has 110 valence electrons. The van der Waals surface area contributed by atoms with Crippen molar-refractivity contribution < 1.29 is 22.7 Å². The van der Waals surface area contributed by atoms with Gasteiger partial charge in [0.1, 0.15) is 6.10 Å². The number of hydrogen-bond acceptors (Lipinski definition) is 2. The quantitative estimate of drug-likeness (QED) is 0.542. The van der Waals surface area contributed by atoms with E-state index in [1.54, 1.807) is 22.6 Å². The van der Waals surface area contributed by atoms with Crippen LogP contribution < -0.4 is 0 Å². The second kappa shape index (κ2) is 7.66. The van der Waals surface area contributed by atoms with Crippen molar-refractivity contribution in [3.05, 3.63) is 45.6 Å². The van der Waals surface area contributed by atoms with Crippen LogP contribution >= 0.6 is 22.6 Å². The molecule has 0 saturated carbocycles. The molecule has 1 aromatic carbocycles. The number of benzene rings is 1. The van der Waals surface area contributed by atoms with Crippen LogP contribution in [0.25, 0.3) is 0 Å². The maximum atomic E-state index is 12.3. The molecule has 0 N–H and O–H groups in total. The Morgan fingerprint density at radius 2 is 1.95 bits per heavy atom. The van der Waals surface area contributed by atoms with Crippen LogP contribution in [0, 0.1) is 0 Å². The summed E-state index contributed by atoms with van der Waals surface area (Å²) in [5.74, 6) is -0.590. The van der Waals surface area contributed by atoms with Crippen LogP contribution in [0.15, 0.2) is 40.0 Å². The SMILES string of the molecule is CC(=O)OC(CCc1ccccc1)/C(I)=C/C(F)(F)F. The second-order valence-corrected chi connectivity index (χ2v) is 5.44. The zero-order valence-electron chi connectivity index (χ0n) is 10.8. The van der Waals surface area contributed by atoms with E-state index in [9.17, 15) is 18.0 Å². The van der Waals surface area contributed by atoms with Gasteiger partial charge in [-0.15, -0.1) is 0 Å². The fraction of sp³-hybridized carbons (Fsp3) is 0.357. The van der Waals surface area contributed by atoms with E-state index in [4.69, 9.17) is 4.74 Å². The molecule has 0 aliphatic carbocycles. The van der Waals surface area contributed by atoms with Gasteiger partial charge >= 0.3 is 12.1 Å². The van der Waals surface area contributed by atoms with Gasteiger partial charge in [0.25, 0.3) is 0 Å². The summed E-state index contributed by atoms with van der Waals surface area (Å²) in [6.07, 6.45) is -4.26. The minimum atomic E-state index is -4.42. The molecule has 0 saturated heterocycles. The average Bonchev–Trinajstić information content (AvgIpc) is 2.33. The van der Waals surface area contributed by atoms with Crippen molar-refractivity contribution in [2.75, 3.05) is 0 Å². The summed E-state index contributed by atoms with van der Waals surface area (Å²) in [6, 6.07) is 9.33. The Balaban J connectivity index is 2.74. The number of hydrogen-bond donors (Lipinski definition) is 0. The maximum absolute atomic E-state index is 12.3. The van der Waals surface area contributed by atoms with Crippen molar-refractivity contribution >= 4 is 28.6 Å². The Morgan fingerprint density at radius 1 is 1.35 bits per heavy atom. The highest BCUT2D eigenvalue weighted by molar-refractivity contribution is 14.1. The number of ether oxygens (including phenoxy) is 1.